The van der Waals surface area contributed by atoms with Crippen LogP contribution in [0.4, 0.5) is 11.5 Å². The van der Waals surface area contributed by atoms with E-state index in [1.54, 1.807) is 18.7 Å². The first kappa shape index (κ1) is 13.9. The van der Waals surface area contributed by atoms with Crippen LogP contribution in [0.1, 0.15) is 11.1 Å². The second kappa shape index (κ2) is 5.52. The molecule has 0 unspecified atom stereocenters. The van der Waals surface area contributed by atoms with Crippen molar-refractivity contribution in [3.63, 3.8) is 0 Å². The van der Waals surface area contributed by atoms with Crippen molar-refractivity contribution in [1.29, 1.82) is 0 Å². The van der Waals surface area contributed by atoms with Crippen molar-refractivity contribution in [1.82, 2.24) is 19.9 Å². The van der Waals surface area contributed by atoms with Gasteiger partial charge in [0.25, 0.3) is 0 Å². The summed E-state index contributed by atoms with van der Waals surface area (Å²) >= 11 is 0. The number of hydrogen-bond acceptors (Lipinski definition) is 5. The van der Waals surface area contributed by atoms with Crippen molar-refractivity contribution in [2.45, 2.75) is 6.54 Å². The second-order valence-electron chi connectivity index (χ2n) is 5.89. The van der Waals surface area contributed by atoms with E-state index in [-0.39, 0.29) is 0 Å². The first-order valence-electron chi connectivity index (χ1n) is 8.01. The van der Waals surface area contributed by atoms with E-state index in [4.69, 9.17) is 0 Å². The summed E-state index contributed by atoms with van der Waals surface area (Å²) in [5.41, 5.74) is 6.29. The average Bonchev–Trinajstić information content (AvgIpc) is 3.29. The fourth-order valence-corrected chi connectivity index (χ4v) is 3.13. The summed E-state index contributed by atoms with van der Waals surface area (Å²) in [5.74, 6) is 0.771. The van der Waals surface area contributed by atoms with E-state index in [0.29, 0.717) is 0 Å². The predicted octanol–water partition coefficient (Wildman–Crippen LogP) is 3.70. The molecule has 0 bridgehead atoms. The number of aromatic nitrogens is 4. The van der Waals surface area contributed by atoms with Crippen molar-refractivity contribution >= 4 is 28.8 Å². The van der Waals surface area contributed by atoms with Crippen molar-refractivity contribution in [3.8, 4) is 11.1 Å². The molecule has 4 aromatic rings. The maximum absolute atomic E-state index is 4.46. The molecule has 0 aliphatic carbocycles. The molecule has 1 aromatic carbocycles. The molecule has 6 heteroatoms. The predicted molar refractivity (Wildman–Crippen MR) is 98.1 cm³/mol. The molecular weight excluding hydrogens is 312 g/mol. The normalized spacial score (nSPS) is 12.5. The van der Waals surface area contributed by atoms with Gasteiger partial charge in [-0.1, -0.05) is 6.07 Å². The van der Waals surface area contributed by atoms with E-state index >= 15 is 0 Å². The van der Waals surface area contributed by atoms with Gasteiger partial charge in [-0.05, 0) is 41.0 Å². The minimum atomic E-state index is 0.761. The highest BCUT2D eigenvalue weighted by atomic mass is 15.0. The Hall–Kier alpha value is -3.54. The van der Waals surface area contributed by atoms with Gasteiger partial charge in [-0.25, -0.2) is 9.97 Å². The fourth-order valence-electron chi connectivity index (χ4n) is 3.13. The lowest BCUT2D eigenvalue weighted by Gasteiger charge is -2.09. The van der Waals surface area contributed by atoms with Crippen LogP contribution >= 0.6 is 0 Å². The zero-order valence-electron chi connectivity index (χ0n) is 13.3. The highest BCUT2D eigenvalue weighted by Gasteiger charge is 2.14. The van der Waals surface area contributed by atoms with Crippen molar-refractivity contribution in [2.24, 2.45) is 4.99 Å². The molecule has 3 aromatic heterocycles. The number of hydrogen-bond donors (Lipinski definition) is 2. The molecule has 2 N–H and O–H groups in total. The lowest BCUT2D eigenvalue weighted by atomic mass is 10.1. The molecule has 0 fully saturated rings. The van der Waals surface area contributed by atoms with E-state index in [9.17, 15) is 0 Å². The number of H-pyrrole nitrogens is 1. The van der Waals surface area contributed by atoms with Crippen LogP contribution in [0.15, 0.2) is 60.2 Å². The first-order chi connectivity index (χ1) is 12.4. The van der Waals surface area contributed by atoms with Gasteiger partial charge in [-0.3, -0.25) is 9.98 Å². The molecule has 6 nitrogen and oxygen atoms in total. The Morgan fingerprint density at radius 2 is 1.96 bits per heavy atom. The lowest BCUT2D eigenvalue weighted by molar-refractivity contribution is 1.11. The van der Waals surface area contributed by atoms with Crippen LogP contribution < -0.4 is 5.32 Å². The number of aliphatic imine (C=N–C) groups is 1. The third-order valence-corrected chi connectivity index (χ3v) is 4.36. The summed E-state index contributed by atoms with van der Waals surface area (Å²) in [6.45, 7) is 0.761. The number of benzene rings is 1. The SMILES string of the molecule is C1=NCc2ccc(Nc3ncnc4[nH]cc(-c5ccncc5)c34)cc21. The summed E-state index contributed by atoms with van der Waals surface area (Å²) in [6.07, 6.45) is 8.99. The maximum atomic E-state index is 4.46. The Morgan fingerprint density at radius 3 is 2.88 bits per heavy atom. The molecule has 0 saturated carbocycles. The number of fused-ring (bicyclic) bond motifs is 2. The molecule has 0 amide bonds. The number of pyridine rings is 1. The molecule has 0 saturated heterocycles. The molecule has 5 rings (SSSR count). The average molecular weight is 326 g/mol. The van der Waals surface area contributed by atoms with E-state index in [2.05, 4.69) is 48.4 Å². The van der Waals surface area contributed by atoms with Crippen LogP contribution in [-0.4, -0.2) is 26.2 Å². The molecule has 4 heterocycles. The second-order valence-corrected chi connectivity index (χ2v) is 5.89. The number of rotatable bonds is 3. The Balaban J connectivity index is 1.62. The molecular formula is C19H14N6. The van der Waals surface area contributed by atoms with Gasteiger partial charge in [-0.2, -0.15) is 0 Å². The van der Waals surface area contributed by atoms with Gasteiger partial charge in [0.2, 0.25) is 0 Å². The number of nitrogens with zero attached hydrogens (tertiary/aromatic N) is 4. The summed E-state index contributed by atoms with van der Waals surface area (Å²) in [7, 11) is 0. The van der Waals surface area contributed by atoms with Gasteiger partial charge < -0.3 is 10.3 Å². The topological polar surface area (TPSA) is 78.9 Å². The minimum Gasteiger partial charge on any atom is -0.345 e. The molecule has 1 aliphatic heterocycles. The molecule has 25 heavy (non-hydrogen) atoms. The maximum Gasteiger partial charge on any atom is 0.143 e. The van der Waals surface area contributed by atoms with E-state index in [1.165, 1.54) is 5.56 Å². The van der Waals surface area contributed by atoms with Crippen LogP contribution in [0.3, 0.4) is 0 Å². The molecule has 120 valence electrons. The minimum absolute atomic E-state index is 0.761. The highest BCUT2D eigenvalue weighted by Crippen LogP contribution is 2.33. The molecule has 0 atom stereocenters. The Morgan fingerprint density at radius 1 is 1.04 bits per heavy atom. The van der Waals surface area contributed by atoms with Gasteiger partial charge in [0.1, 0.15) is 17.8 Å². The number of anilines is 2. The summed E-state index contributed by atoms with van der Waals surface area (Å²) < 4.78 is 0. The third-order valence-electron chi connectivity index (χ3n) is 4.36. The molecule has 0 spiro atoms. The number of nitrogens with one attached hydrogen (secondary N) is 2. The Labute approximate surface area is 143 Å². The van der Waals surface area contributed by atoms with Crippen molar-refractivity contribution in [2.75, 3.05) is 5.32 Å². The zero-order chi connectivity index (χ0) is 16.6. The first-order valence-corrected chi connectivity index (χ1v) is 8.01. The van der Waals surface area contributed by atoms with Gasteiger partial charge >= 0.3 is 0 Å². The fraction of sp³-hybridized carbons (Fsp3) is 0.0526. The van der Waals surface area contributed by atoms with Crippen molar-refractivity contribution < 1.29 is 0 Å². The standard InChI is InChI=1S/C19H14N6/c1-2-15(7-14-9-21-8-13(1)14)25-19-17-16(12-3-5-20-6-4-12)10-22-18(17)23-11-24-19/h1-7,9-11H,8H2,(H2,22,23,24,25). The van der Waals surface area contributed by atoms with Crippen LogP contribution in [-0.2, 0) is 6.54 Å². The highest BCUT2D eigenvalue weighted by molar-refractivity contribution is 6.01. The van der Waals surface area contributed by atoms with Crippen LogP contribution in [0, 0.1) is 0 Å². The molecule has 1 aliphatic rings. The van der Waals surface area contributed by atoms with E-state index in [0.717, 1.165) is 45.8 Å². The van der Waals surface area contributed by atoms with Crippen LogP contribution in [0.2, 0.25) is 0 Å². The van der Waals surface area contributed by atoms with Crippen LogP contribution in [0.5, 0.6) is 0 Å². The van der Waals surface area contributed by atoms with Gasteiger partial charge in [0.05, 0.1) is 11.9 Å². The zero-order valence-corrected chi connectivity index (χ0v) is 13.3. The van der Waals surface area contributed by atoms with Crippen molar-refractivity contribution in [3.05, 3.63) is 66.4 Å². The van der Waals surface area contributed by atoms with Gasteiger partial charge in [0.15, 0.2) is 0 Å². The lowest BCUT2D eigenvalue weighted by Crippen LogP contribution is -1.97. The van der Waals surface area contributed by atoms with E-state index in [1.807, 2.05) is 24.5 Å². The quantitative estimate of drug-likeness (QED) is 0.602. The summed E-state index contributed by atoms with van der Waals surface area (Å²) in [5, 5.41) is 4.39. The number of aromatic amines is 1. The smallest absolute Gasteiger partial charge is 0.143 e. The summed E-state index contributed by atoms with van der Waals surface area (Å²) in [4.78, 5) is 20.4. The van der Waals surface area contributed by atoms with Gasteiger partial charge in [-0.15, -0.1) is 0 Å². The Bertz CT molecular complexity index is 1100. The Kier molecular flexibility index (Phi) is 3.06. The third kappa shape index (κ3) is 2.35. The monoisotopic (exact) mass is 326 g/mol. The van der Waals surface area contributed by atoms with Gasteiger partial charge in [0, 0.05) is 36.1 Å². The van der Waals surface area contributed by atoms with E-state index < -0.39 is 0 Å². The molecule has 0 radical (unpaired) electrons. The largest absolute Gasteiger partial charge is 0.345 e. The van der Waals surface area contributed by atoms with Crippen LogP contribution in [0.25, 0.3) is 22.2 Å². The summed E-state index contributed by atoms with van der Waals surface area (Å²) in [6, 6.07) is 10.2.